The predicted molar refractivity (Wildman–Crippen MR) is 81.0 cm³/mol. The summed E-state index contributed by atoms with van der Waals surface area (Å²) in [7, 11) is 0. The zero-order valence-corrected chi connectivity index (χ0v) is 12.4. The lowest BCUT2D eigenvalue weighted by atomic mass is 9.87. The fourth-order valence-corrected chi connectivity index (χ4v) is 2.76. The van der Waals surface area contributed by atoms with Crippen LogP contribution in [0.5, 0.6) is 11.5 Å². The molecule has 1 atom stereocenters. The van der Waals surface area contributed by atoms with Gasteiger partial charge in [-0.15, -0.1) is 0 Å². The van der Waals surface area contributed by atoms with E-state index in [1.165, 1.54) is 12.1 Å². The molecule has 1 saturated carbocycles. The fraction of sp³-hybridized carbons (Fsp3) is 0.562. The quantitative estimate of drug-likeness (QED) is 0.635. The van der Waals surface area contributed by atoms with Gasteiger partial charge in [-0.2, -0.15) is 0 Å². The first-order chi connectivity index (χ1) is 9.95. The van der Waals surface area contributed by atoms with E-state index >= 15 is 0 Å². The van der Waals surface area contributed by atoms with Crippen LogP contribution in [0, 0.1) is 5.92 Å². The zero-order valence-electron chi connectivity index (χ0n) is 12.4. The van der Waals surface area contributed by atoms with Crippen LogP contribution in [0.4, 0.5) is 0 Å². The van der Waals surface area contributed by atoms with Crippen molar-refractivity contribution in [1.29, 1.82) is 0 Å². The van der Waals surface area contributed by atoms with Crippen LogP contribution in [0.1, 0.15) is 38.2 Å². The summed E-state index contributed by atoms with van der Waals surface area (Å²) >= 11 is 0. The lowest BCUT2D eigenvalue weighted by Crippen LogP contribution is -2.47. The van der Waals surface area contributed by atoms with Crippen molar-refractivity contribution in [2.45, 2.75) is 51.1 Å². The van der Waals surface area contributed by atoms with Crippen molar-refractivity contribution in [1.82, 2.24) is 5.32 Å². The highest BCUT2D eigenvalue weighted by Gasteiger charge is 2.22. The summed E-state index contributed by atoms with van der Waals surface area (Å²) in [6.45, 7) is 2.24. The molecular formula is C16H24N2O3. The van der Waals surface area contributed by atoms with Crippen molar-refractivity contribution >= 4 is 5.91 Å². The summed E-state index contributed by atoms with van der Waals surface area (Å²) in [4.78, 5) is 12.1. The van der Waals surface area contributed by atoms with E-state index < -0.39 is 6.04 Å². The van der Waals surface area contributed by atoms with Crippen molar-refractivity contribution in [2.24, 2.45) is 11.7 Å². The average Bonchev–Trinajstić information content (AvgIpc) is 2.45. The largest absolute Gasteiger partial charge is 0.504 e. The standard InChI is InChI=1S/C16H24N2O3/c1-10-2-5-12(6-3-10)18-16(21)13(17)8-11-4-7-14(19)15(20)9-11/h4,7,9-10,12-13,19-20H,2-3,5-6,8,17H2,1H3,(H,18,21)/t10?,12?,13-/m0/s1. The molecule has 1 amide bonds. The smallest absolute Gasteiger partial charge is 0.237 e. The van der Waals surface area contributed by atoms with Crippen molar-refractivity contribution in [2.75, 3.05) is 0 Å². The summed E-state index contributed by atoms with van der Waals surface area (Å²) in [6.07, 6.45) is 4.65. The minimum Gasteiger partial charge on any atom is -0.504 e. The molecule has 0 unspecified atom stereocenters. The molecule has 0 spiro atoms. The molecule has 1 aliphatic rings. The van der Waals surface area contributed by atoms with E-state index in [9.17, 15) is 15.0 Å². The van der Waals surface area contributed by atoms with Crippen LogP contribution < -0.4 is 11.1 Å². The van der Waals surface area contributed by atoms with E-state index in [1.54, 1.807) is 6.07 Å². The molecule has 21 heavy (non-hydrogen) atoms. The number of aromatic hydroxyl groups is 2. The molecule has 1 aliphatic carbocycles. The first-order valence-corrected chi connectivity index (χ1v) is 7.52. The van der Waals surface area contributed by atoms with Crippen LogP contribution in [-0.2, 0) is 11.2 Å². The second-order valence-electron chi connectivity index (χ2n) is 6.10. The van der Waals surface area contributed by atoms with E-state index in [-0.39, 0.29) is 23.4 Å². The number of hydrogen-bond acceptors (Lipinski definition) is 4. The summed E-state index contributed by atoms with van der Waals surface area (Å²) < 4.78 is 0. The van der Waals surface area contributed by atoms with Gasteiger partial charge in [0, 0.05) is 6.04 Å². The SMILES string of the molecule is CC1CCC(NC(=O)[C@@H](N)Cc2ccc(O)c(O)c2)CC1. The molecule has 0 heterocycles. The van der Waals surface area contributed by atoms with Gasteiger partial charge < -0.3 is 21.3 Å². The van der Waals surface area contributed by atoms with Crippen LogP contribution in [0.15, 0.2) is 18.2 Å². The Morgan fingerprint density at radius 2 is 1.95 bits per heavy atom. The van der Waals surface area contributed by atoms with E-state index in [4.69, 9.17) is 5.73 Å². The van der Waals surface area contributed by atoms with Gasteiger partial charge in [-0.3, -0.25) is 4.79 Å². The highest BCUT2D eigenvalue weighted by atomic mass is 16.3. The molecule has 116 valence electrons. The van der Waals surface area contributed by atoms with E-state index in [0.717, 1.165) is 37.2 Å². The summed E-state index contributed by atoms with van der Waals surface area (Å²) in [5.41, 5.74) is 6.65. The Kier molecular flexibility index (Phi) is 5.07. The van der Waals surface area contributed by atoms with Crippen LogP contribution >= 0.6 is 0 Å². The third kappa shape index (κ3) is 4.36. The number of rotatable bonds is 4. The molecule has 1 fully saturated rings. The van der Waals surface area contributed by atoms with Gasteiger partial charge in [-0.25, -0.2) is 0 Å². The molecule has 5 nitrogen and oxygen atoms in total. The van der Waals surface area contributed by atoms with E-state index in [2.05, 4.69) is 12.2 Å². The molecule has 5 N–H and O–H groups in total. The van der Waals surface area contributed by atoms with Gasteiger partial charge in [0.05, 0.1) is 6.04 Å². The number of nitrogens with two attached hydrogens (primary N) is 1. The topological polar surface area (TPSA) is 95.6 Å². The van der Waals surface area contributed by atoms with Gasteiger partial charge in [-0.1, -0.05) is 13.0 Å². The lowest BCUT2D eigenvalue weighted by molar-refractivity contribution is -0.123. The van der Waals surface area contributed by atoms with Gasteiger partial charge >= 0.3 is 0 Å². The van der Waals surface area contributed by atoms with Crippen molar-refractivity contribution < 1.29 is 15.0 Å². The fourth-order valence-electron chi connectivity index (χ4n) is 2.76. The van der Waals surface area contributed by atoms with Crippen LogP contribution in [0.2, 0.25) is 0 Å². The Morgan fingerprint density at radius 3 is 2.57 bits per heavy atom. The predicted octanol–water partition coefficient (Wildman–Crippen LogP) is 1.66. The maximum atomic E-state index is 12.1. The molecule has 0 aliphatic heterocycles. The third-order valence-electron chi connectivity index (χ3n) is 4.19. The van der Waals surface area contributed by atoms with E-state index in [1.807, 2.05) is 0 Å². The Morgan fingerprint density at radius 1 is 1.29 bits per heavy atom. The molecule has 1 aromatic carbocycles. The van der Waals surface area contributed by atoms with E-state index in [0.29, 0.717) is 6.42 Å². The van der Waals surface area contributed by atoms with Crippen molar-refractivity contribution in [3.05, 3.63) is 23.8 Å². The third-order valence-corrected chi connectivity index (χ3v) is 4.19. The Balaban J connectivity index is 1.86. The molecular weight excluding hydrogens is 268 g/mol. The molecule has 1 aromatic rings. The summed E-state index contributed by atoms with van der Waals surface area (Å²) in [6, 6.07) is 4.08. The number of hydrogen-bond donors (Lipinski definition) is 4. The van der Waals surface area contributed by atoms with Crippen molar-refractivity contribution in [3.8, 4) is 11.5 Å². The summed E-state index contributed by atoms with van der Waals surface area (Å²) in [5, 5.41) is 21.7. The second-order valence-corrected chi connectivity index (χ2v) is 6.10. The molecule has 0 saturated heterocycles. The van der Waals surface area contributed by atoms with Crippen LogP contribution in [0.3, 0.4) is 0 Å². The maximum Gasteiger partial charge on any atom is 0.237 e. The first kappa shape index (κ1) is 15.6. The van der Waals surface area contributed by atoms with Crippen molar-refractivity contribution in [3.63, 3.8) is 0 Å². The number of nitrogens with one attached hydrogen (secondary N) is 1. The lowest BCUT2D eigenvalue weighted by Gasteiger charge is -2.28. The van der Waals surface area contributed by atoms with Gasteiger partial charge in [-0.05, 0) is 55.7 Å². The number of carbonyl (C=O) groups is 1. The first-order valence-electron chi connectivity index (χ1n) is 7.52. The monoisotopic (exact) mass is 292 g/mol. The minimum atomic E-state index is -0.645. The zero-order chi connectivity index (χ0) is 15.4. The Bertz CT molecular complexity index is 496. The number of benzene rings is 1. The molecule has 0 bridgehead atoms. The molecule has 5 heteroatoms. The maximum absolute atomic E-state index is 12.1. The number of carbonyl (C=O) groups excluding carboxylic acids is 1. The molecule has 0 radical (unpaired) electrons. The highest BCUT2D eigenvalue weighted by Crippen LogP contribution is 2.26. The molecule has 0 aromatic heterocycles. The Hall–Kier alpha value is -1.75. The second kappa shape index (κ2) is 6.80. The van der Waals surface area contributed by atoms with Gasteiger partial charge in [0.25, 0.3) is 0 Å². The average molecular weight is 292 g/mol. The normalized spacial score (nSPS) is 23.5. The molecule has 2 rings (SSSR count). The van der Waals surface area contributed by atoms with Gasteiger partial charge in [0.1, 0.15) is 0 Å². The number of phenolic OH excluding ortho intramolecular Hbond substituents is 2. The highest BCUT2D eigenvalue weighted by molar-refractivity contribution is 5.82. The number of phenols is 2. The van der Waals surface area contributed by atoms with Gasteiger partial charge in [0.15, 0.2) is 11.5 Å². The number of amides is 1. The summed E-state index contributed by atoms with van der Waals surface area (Å²) in [5.74, 6) is 0.225. The minimum absolute atomic E-state index is 0.151. The van der Waals surface area contributed by atoms with Crippen LogP contribution in [-0.4, -0.2) is 28.2 Å². The van der Waals surface area contributed by atoms with Gasteiger partial charge in [0.2, 0.25) is 5.91 Å². The van der Waals surface area contributed by atoms with Crippen LogP contribution in [0.25, 0.3) is 0 Å². The Labute approximate surface area is 125 Å².